The molecule has 0 saturated heterocycles. The predicted molar refractivity (Wildman–Crippen MR) is 77.5 cm³/mol. The predicted octanol–water partition coefficient (Wildman–Crippen LogP) is 2.01. The second kappa shape index (κ2) is 7.81. The van der Waals surface area contributed by atoms with Crippen LogP contribution in [0, 0.1) is 5.92 Å². The minimum absolute atomic E-state index is 0.0605. The lowest BCUT2D eigenvalue weighted by atomic mass is 9.89. The molecule has 1 aliphatic rings. The van der Waals surface area contributed by atoms with Crippen LogP contribution < -0.4 is 10.6 Å². The van der Waals surface area contributed by atoms with E-state index < -0.39 is 0 Å². The third kappa shape index (κ3) is 4.88. The zero-order chi connectivity index (χ0) is 15.1. The number of nitrogens with one attached hydrogen (secondary N) is 2. The average Bonchev–Trinajstić information content (AvgIpc) is 3.00. The fraction of sp³-hybridized carbons (Fsp3) is 0.667. The maximum absolute atomic E-state index is 12.0. The second-order valence-corrected chi connectivity index (χ2v) is 5.52. The molecule has 0 aliphatic heterocycles. The molecule has 6 nitrogen and oxygen atoms in total. The maximum atomic E-state index is 12.0. The van der Waals surface area contributed by atoms with Crippen molar-refractivity contribution in [3.63, 3.8) is 0 Å². The number of rotatable bonds is 6. The zero-order valence-electron chi connectivity index (χ0n) is 12.5. The molecule has 0 bridgehead atoms. The summed E-state index contributed by atoms with van der Waals surface area (Å²) in [7, 11) is 0. The Hall–Kier alpha value is -1.85. The number of nitrogens with zero attached hydrogens (tertiary/aromatic N) is 1. The Kier molecular flexibility index (Phi) is 5.78. The van der Waals surface area contributed by atoms with Crippen molar-refractivity contribution in [1.29, 1.82) is 0 Å². The van der Waals surface area contributed by atoms with E-state index in [1.165, 1.54) is 32.1 Å². The third-order valence-corrected chi connectivity index (χ3v) is 3.85. The van der Waals surface area contributed by atoms with Gasteiger partial charge in [-0.2, -0.15) is 0 Å². The largest absolute Gasteiger partial charge is 0.359 e. The molecule has 1 fully saturated rings. The fourth-order valence-electron chi connectivity index (χ4n) is 2.53. The van der Waals surface area contributed by atoms with Crippen molar-refractivity contribution in [2.45, 2.75) is 52.0 Å². The fourth-order valence-corrected chi connectivity index (χ4v) is 2.53. The molecule has 0 radical (unpaired) electrons. The summed E-state index contributed by atoms with van der Waals surface area (Å²) in [5.41, 5.74) is 0.270. The van der Waals surface area contributed by atoms with E-state index in [1.54, 1.807) is 13.0 Å². The number of amides is 2. The third-order valence-electron chi connectivity index (χ3n) is 3.85. The molecule has 0 aromatic carbocycles. The van der Waals surface area contributed by atoms with Gasteiger partial charge in [0.25, 0.3) is 5.91 Å². The molecule has 6 heteroatoms. The normalized spacial score (nSPS) is 15.7. The van der Waals surface area contributed by atoms with Crippen LogP contribution in [0.2, 0.25) is 0 Å². The van der Waals surface area contributed by atoms with Gasteiger partial charge in [-0.15, -0.1) is 0 Å². The summed E-state index contributed by atoms with van der Waals surface area (Å²) in [6.45, 7) is 2.74. The first-order chi connectivity index (χ1) is 10.2. The van der Waals surface area contributed by atoms with Gasteiger partial charge in [0.1, 0.15) is 0 Å². The summed E-state index contributed by atoms with van der Waals surface area (Å²) in [5.74, 6) is 0.796. The Balaban J connectivity index is 1.77. The summed E-state index contributed by atoms with van der Waals surface area (Å²) in [6.07, 6.45) is 6.61. The lowest BCUT2D eigenvalue weighted by Crippen LogP contribution is -2.30. The van der Waals surface area contributed by atoms with E-state index in [-0.39, 0.29) is 24.1 Å². The van der Waals surface area contributed by atoms with Crippen molar-refractivity contribution in [2.75, 3.05) is 6.54 Å². The van der Waals surface area contributed by atoms with E-state index in [0.29, 0.717) is 24.6 Å². The van der Waals surface area contributed by atoms with Crippen LogP contribution >= 0.6 is 0 Å². The van der Waals surface area contributed by atoms with Crippen molar-refractivity contribution >= 4 is 11.8 Å². The quantitative estimate of drug-likeness (QED) is 0.840. The van der Waals surface area contributed by atoms with Crippen molar-refractivity contribution < 1.29 is 14.1 Å². The summed E-state index contributed by atoms with van der Waals surface area (Å²) in [4.78, 5) is 23.1. The highest BCUT2D eigenvalue weighted by Crippen LogP contribution is 2.22. The highest BCUT2D eigenvalue weighted by atomic mass is 16.5. The van der Waals surface area contributed by atoms with Crippen LogP contribution in [0.3, 0.4) is 0 Å². The smallest absolute Gasteiger partial charge is 0.273 e. The molecule has 1 aromatic heterocycles. The van der Waals surface area contributed by atoms with Gasteiger partial charge in [-0.1, -0.05) is 31.3 Å². The molecule has 1 saturated carbocycles. The van der Waals surface area contributed by atoms with Crippen LogP contribution in [0.25, 0.3) is 0 Å². The summed E-state index contributed by atoms with van der Waals surface area (Å²) < 4.78 is 5.05. The lowest BCUT2D eigenvalue weighted by molar-refractivity contribution is -0.121. The first-order valence-corrected chi connectivity index (χ1v) is 7.69. The first kappa shape index (κ1) is 15.5. The van der Waals surface area contributed by atoms with Crippen LogP contribution in [0.4, 0.5) is 0 Å². The molecule has 1 aliphatic carbocycles. The molecular formula is C15H23N3O3. The minimum atomic E-state index is -0.211. The molecular weight excluding hydrogens is 270 g/mol. The Bertz CT molecular complexity index is 478. The minimum Gasteiger partial charge on any atom is -0.359 e. The molecule has 0 unspecified atom stereocenters. The van der Waals surface area contributed by atoms with E-state index in [2.05, 4.69) is 15.8 Å². The van der Waals surface area contributed by atoms with E-state index >= 15 is 0 Å². The number of carbonyl (C=O) groups is 2. The SMILES string of the molecule is CCC(=O)NCc1cc(C(=O)NCC2CCCCC2)no1. The molecule has 116 valence electrons. The van der Waals surface area contributed by atoms with Gasteiger partial charge in [-0.25, -0.2) is 0 Å². The van der Waals surface area contributed by atoms with E-state index in [4.69, 9.17) is 4.52 Å². The van der Waals surface area contributed by atoms with Gasteiger partial charge < -0.3 is 15.2 Å². The van der Waals surface area contributed by atoms with Gasteiger partial charge in [0.15, 0.2) is 11.5 Å². The van der Waals surface area contributed by atoms with Gasteiger partial charge in [0.2, 0.25) is 5.91 Å². The van der Waals surface area contributed by atoms with Crippen molar-refractivity contribution in [1.82, 2.24) is 15.8 Å². The highest BCUT2D eigenvalue weighted by Gasteiger charge is 2.17. The van der Waals surface area contributed by atoms with Gasteiger partial charge in [-0.3, -0.25) is 9.59 Å². The van der Waals surface area contributed by atoms with Crippen LogP contribution in [0.1, 0.15) is 61.7 Å². The van der Waals surface area contributed by atoms with E-state index in [1.807, 2.05) is 0 Å². The van der Waals surface area contributed by atoms with Crippen LogP contribution in [-0.4, -0.2) is 23.5 Å². The number of hydrogen-bond acceptors (Lipinski definition) is 4. The van der Waals surface area contributed by atoms with Gasteiger partial charge in [0.05, 0.1) is 6.54 Å². The first-order valence-electron chi connectivity index (χ1n) is 7.69. The number of aromatic nitrogens is 1. The van der Waals surface area contributed by atoms with Crippen LogP contribution in [-0.2, 0) is 11.3 Å². The second-order valence-electron chi connectivity index (χ2n) is 5.52. The Morgan fingerprint density at radius 2 is 2.05 bits per heavy atom. The summed E-state index contributed by atoms with van der Waals surface area (Å²) in [6, 6.07) is 1.58. The molecule has 2 rings (SSSR count). The van der Waals surface area contributed by atoms with Crippen LogP contribution in [0.15, 0.2) is 10.6 Å². The van der Waals surface area contributed by atoms with Gasteiger partial charge in [0, 0.05) is 19.0 Å². The monoisotopic (exact) mass is 293 g/mol. The zero-order valence-corrected chi connectivity index (χ0v) is 12.5. The lowest BCUT2D eigenvalue weighted by Gasteiger charge is -2.21. The Morgan fingerprint density at radius 1 is 1.29 bits per heavy atom. The molecule has 0 atom stereocenters. The van der Waals surface area contributed by atoms with E-state index in [0.717, 1.165) is 0 Å². The van der Waals surface area contributed by atoms with Gasteiger partial charge >= 0.3 is 0 Å². The molecule has 1 heterocycles. The Morgan fingerprint density at radius 3 is 2.76 bits per heavy atom. The molecule has 2 amide bonds. The van der Waals surface area contributed by atoms with E-state index in [9.17, 15) is 9.59 Å². The van der Waals surface area contributed by atoms with Crippen molar-refractivity contribution in [3.05, 3.63) is 17.5 Å². The maximum Gasteiger partial charge on any atom is 0.273 e. The molecule has 21 heavy (non-hydrogen) atoms. The van der Waals surface area contributed by atoms with Gasteiger partial charge in [-0.05, 0) is 18.8 Å². The van der Waals surface area contributed by atoms with Crippen LogP contribution in [0.5, 0.6) is 0 Å². The molecule has 0 spiro atoms. The number of hydrogen-bond donors (Lipinski definition) is 2. The Labute approximate surface area is 124 Å². The highest BCUT2D eigenvalue weighted by molar-refractivity contribution is 5.92. The van der Waals surface area contributed by atoms with Crippen molar-refractivity contribution in [3.8, 4) is 0 Å². The average molecular weight is 293 g/mol. The topological polar surface area (TPSA) is 84.2 Å². The number of carbonyl (C=O) groups excluding carboxylic acids is 2. The summed E-state index contributed by atoms with van der Waals surface area (Å²) >= 11 is 0. The standard InChI is InChI=1S/C15H23N3O3/c1-2-14(19)16-10-12-8-13(18-21-12)15(20)17-9-11-6-4-3-5-7-11/h8,11H,2-7,9-10H2,1H3,(H,16,19)(H,17,20). The van der Waals surface area contributed by atoms with Crippen molar-refractivity contribution in [2.24, 2.45) is 5.92 Å². The summed E-state index contributed by atoms with van der Waals surface area (Å²) in [5, 5.41) is 9.33. The molecule has 2 N–H and O–H groups in total. The molecule has 1 aromatic rings.